The number of unbranched alkanes of at least 4 members (excludes halogenated alkanes) is 1. The van der Waals surface area contributed by atoms with Gasteiger partial charge in [0.2, 0.25) is 23.6 Å². The molecule has 4 amide bonds. The highest BCUT2D eigenvalue weighted by Crippen LogP contribution is 2.29. The highest BCUT2D eigenvalue weighted by molar-refractivity contribution is 5.95. The lowest BCUT2D eigenvalue weighted by molar-refractivity contribution is -0.139. The molecule has 58 heavy (non-hydrogen) atoms. The van der Waals surface area contributed by atoms with E-state index >= 15 is 0 Å². The smallest absolute Gasteiger partial charge is 0.245 e. The largest absolute Gasteiger partial charge is 0.382 e. The number of hydrogen-bond acceptors (Lipinski definition) is 12. The molecule has 6 atom stereocenters. The van der Waals surface area contributed by atoms with Crippen LogP contribution in [0.15, 0.2) is 60.7 Å². The van der Waals surface area contributed by atoms with Crippen LogP contribution in [0.1, 0.15) is 63.5 Å². The summed E-state index contributed by atoms with van der Waals surface area (Å²) in [6.07, 6.45) is 1.29. The summed E-state index contributed by atoms with van der Waals surface area (Å²) in [5, 5.41) is 38.4. The predicted molar refractivity (Wildman–Crippen MR) is 220 cm³/mol. The first-order valence-corrected chi connectivity index (χ1v) is 20.6. The summed E-state index contributed by atoms with van der Waals surface area (Å²) in [7, 11) is 1.63. The Labute approximate surface area is 342 Å². The van der Waals surface area contributed by atoms with E-state index in [0.29, 0.717) is 78.1 Å². The Morgan fingerprint density at radius 3 is 2.02 bits per heavy atom. The number of ether oxygens (including phenoxy) is 2. The van der Waals surface area contributed by atoms with E-state index in [1.165, 1.54) is 0 Å². The number of carbonyl (C=O) groups is 4. The van der Waals surface area contributed by atoms with Crippen molar-refractivity contribution in [3.05, 3.63) is 71.8 Å². The molecule has 0 aromatic heterocycles. The second-order valence-electron chi connectivity index (χ2n) is 15.7. The maximum atomic E-state index is 14.2. The molecule has 16 nitrogen and oxygen atoms in total. The third kappa shape index (κ3) is 15.0. The standard InChI is InChI=1S/C42H66N8O8/c1-29(2)26-34(47-38(53)35(28-31-14-8-5-9-15-31)46-36(51)32(43)27-30-12-6-4-7-13-30)37(52)45-33(16-10-11-19-44-20-23-58-25-24-57-3)39(54)50-21-17-42(18-22-50)40(55)48-41(56)49-42/h4-9,12-15,29,32-35,40-41,44,48-49,55-56H,10-11,16-28,43H2,1-3H3,(H,45,52)(H,46,51)(H,47,53)/t32-,33-,34-,35-,40?,41?/m1/s1. The number of nitrogens with zero attached hydrogens (tertiary/aromatic N) is 1. The van der Waals surface area contributed by atoms with Gasteiger partial charge < -0.3 is 51.6 Å². The summed E-state index contributed by atoms with van der Waals surface area (Å²) >= 11 is 0. The molecule has 2 aliphatic rings. The molecule has 0 radical (unpaired) electrons. The van der Waals surface area contributed by atoms with Crippen LogP contribution in [0, 0.1) is 5.92 Å². The number of rotatable bonds is 24. The first-order valence-electron chi connectivity index (χ1n) is 20.6. The summed E-state index contributed by atoms with van der Waals surface area (Å²) < 4.78 is 10.5. The second kappa shape index (κ2) is 24.2. The fraction of sp³-hybridized carbons (Fsp3) is 0.619. The van der Waals surface area contributed by atoms with E-state index in [4.69, 9.17) is 15.2 Å². The van der Waals surface area contributed by atoms with Crippen molar-refractivity contribution >= 4 is 23.6 Å². The summed E-state index contributed by atoms with van der Waals surface area (Å²) in [6.45, 7) is 7.48. The average Bonchev–Trinajstić information content (AvgIpc) is 3.48. The van der Waals surface area contributed by atoms with E-state index in [1.807, 2.05) is 74.5 Å². The molecular formula is C42H66N8O8. The van der Waals surface area contributed by atoms with Gasteiger partial charge in [-0.3, -0.25) is 29.8 Å². The SMILES string of the molecule is COCCOCCNCCCC[C@@H](NC(=O)[C@@H](CC(C)C)NC(=O)[C@@H](Cc1ccccc1)NC(=O)[C@H](N)Cc1ccccc1)C(=O)N1CCC2(CC1)NC(O)NC2O. The number of nitrogens with one attached hydrogen (secondary N) is 6. The fourth-order valence-electron chi connectivity index (χ4n) is 7.38. The lowest BCUT2D eigenvalue weighted by Gasteiger charge is -2.41. The Balaban J connectivity index is 1.44. The van der Waals surface area contributed by atoms with Gasteiger partial charge in [-0.2, -0.15) is 0 Å². The van der Waals surface area contributed by atoms with Crippen LogP contribution in [-0.2, 0) is 41.5 Å². The van der Waals surface area contributed by atoms with E-state index < -0.39 is 60.0 Å². The molecule has 10 N–H and O–H groups in total. The first-order chi connectivity index (χ1) is 27.9. The minimum atomic E-state index is -1.05. The molecular weight excluding hydrogens is 745 g/mol. The number of likely N-dealkylation sites (tertiary alicyclic amines) is 1. The zero-order valence-electron chi connectivity index (χ0n) is 34.3. The van der Waals surface area contributed by atoms with Gasteiger partial charge in [0.1, 0.15) is 24.4 Å². The molecule has 0 saturated carbocycles. The highest BCUT2D eigenvalue weighted by Gasteiger charge is 2.48. The molecule has 2 unspecified atom stereocenters. The van der Waals surface area contributed by atoms with E-state index in [1.54, 1.807) is 12.0 Å². The van der Waals surface area contributed by atoms with Gasteiger partial charge in [0.15, 0.2) is 6.35 Å². The number of amides is 4. The highest BCUT2D eigenvalue weighted by atomic mass is 16.5. The number of piperidine rings is 1. The molecule has 1 spiro atoms. The molecule has 16 heteroatoms. The summed E-state index contributed by atoms with van der Waals surface area (Å²) in [5.41, 5.74) is 7.25. The van der Waals surface area contributed by atoms with Crippen molar-refractivity contribution in [1.82, 2.24) is 36.8 Å². The van der Waals surface area contributed by atoms with Crippen molar-refractivity contribution in [1.29, 1.82) is 0 Å². The lowest BCUT2D eigenvalue weighted by atomic mass is 9.86. The van der Waals surface area contributed by atoms with Gasteiger partial charge in [-0.05, 0) is 68.5 Å². The Morgan fingerprint density at radius 2 is 1.41 bits per heavy atom. The molecule has 2 aliphatic heterocycles. The van der Waals surface area contributed by atoms with E-state index in [2.05, 4.69) is 31.9 Å². The van der Waals surface area contributed by atoms with Gasteiger partial charge in [0, 0.05) is 33.2 Å². The van der Waals surface area contributed by atoms with Crippen LogP contribution >= 0.6 is 0 Å². The molecule has 0 bridgehead atoms. The number of nitrogens with two attached hydrogens (primary N) is 1. The van der Waals surface area contributed by atoms with Crippen molar-refractivity contribution < 1.29 is 38.9 Å². The fourth-order valence-corrected chi connectivity index (χ4v) is 7.38. The topological polar surface area (TPSA) is 229 Å². The Hall–Kier alpha value is -4.00. The van der Waals surface area contributed by atoms with Gasteiger partial charge in [-0.1, -0.05) is 74.5 Å². The first kappa shape index (κ1) is 46.7. The van der Waals surface area contributed by atoms with Crippen LogP contribution in [0.3, 0.4) is 0 Å². The molecule has 2 aromatic carbocycles. The Kier molecular flexibility index (Phi) is 19.5. The van der Waals surface area contributed by atoms with E-state index in [9.17, 15) is 29.4 Å². The van der Waals surface area contributed by atoms with Gasteiger partial charge in [0.25, 0.3) is 0 Å². The van der Waals surface area contributed by atoms with Crippen LogP contribution in [0.25, 0.3) is 0 Å². The van der Waals surface area contributed by atoms with Crippen molar-refractivity contribution in [2.75, 3.05) is 53.1 Å². The molecule has 2 aromatic rings. The van der Waals surface area contributed by atoms with Gasteiger partial charge >= 0.3 is 0 Å². The number of aliphatic hydroxyl groups is 2. The quantitative estimate of drug-likeness (QED) is 0.0633. The predicted octanol–water partition coefficient (Wildman–Crippen LogP) is -0.129. The molecule has 322 valence electrons. The van der Waals surface area contributed by atoms with Crippen molar-refractivity contribution in [2.45, 2.75) is 108 Å². The number of methoxy groups -OCH3 is 1. The number of carbonyl (C=O) groups excluding carboxylic acids is 4. The lowest BCUT2D eigenvalue weighted by Crippen LogP contribution is -2.61. The van der Waals surface area contributed by atoms with Crippen LogP contribution in [0.4, 0.5) is 0 Å². The zero-order chi connectivity index (χ0) is 41.9. The van der Waals surface area contributed by atoms with Gasteiger partial charge in [0.05, 0.1) is 31.4 Å². The van der Waals surface area contributed by atoms with Crippen molar-refractivity contribution in [3.8, 4) is 0 Å². The third-order valence-electron chi connectivity index (χ3n) is 10.7. The Bertz CT molecular complexity index is 1550. The van der Waals surface area contributed by atoms with Crippen LogP contribution in [-0.4, -0.2) is 134 Å². The number of aliphatic hydroxyl groups excluding tert-OH is 2. The number of benzene rings is 2. The minimum Gasteiger partial charge on any atom is -0.382 e. The van der Waals surface area contributed by atoms with Crippen molar-refractivity contribution in [3.63, 3.8) is 0 Å². The normalized spacial score (nSPS) is 19.7. The minimum absolute atomic E-state index is 0.00352. The summed E-state index contributed by atoms with van der Waals surface area (Å²) in [6, 6.07) is 14.9. The molecule has 2 saturated heterocycles. The van der Waals surface area contributed by atoms with Gasteiger partial charge in [-0.15, -0.1) is 0 Å². The van der Waals surface area contributed by atoms with Crippen LogP contribution in [0.5, 0.6) is 0 Å². The van der Waals surface area contributed by atoms with Crippen LogP contribution < -0.4 is 37.6 Å². The average molecular weight is 811 g/mol. The molecule has 2 fully saturated rings. The summed E-state index contributed by atoms with van der Waals surface area (Å²) in [4.78, 5) is 57.5. The zero-order valence-corrected chi connectivity index (χ0v) is 34.3. The van der Waals surface area contributed by atoms with Crippen LogP contribution in [0.2, 0.25) is 0 Å². The maximum absolute atomic E-state index is 14.2. The Morgan fingerprint density at radius 1 is 0.810 bits per heavy atom. The van der Waals surface area contributed by atoms with E-state index in [0.717, 1.165) is 17.5 Å². The third-order valence-corrected chi connectivity index (χ3v) is 10.7. The molecule has 2 heterocycles. The second-order valence-corrected chi connectivity index (χ2v) is 15.7. The van der Waals surface area contributed by atoms with E-state index in [-0.39, 0.29) is 24.7 Å². The summed E-state index contributed by atoms with van der Waals surface area (Å²) in [5.74, 6) is -1.77. The monoisotopic (exact) mass is 811 g/mol. The van der Waals surface area contributed by atoms with Gasteiger partial charge in [-0.25, -0.2) is 0 Å². The number of hydrogen-bond donors (Lipinski definition) is 9. The molecule has 4 rings (SSSR count). The van der Waals surface area contributed by atoms with Crippen molar-refractivity contribution in [2.24, 2.45) is 11.7 Å². The molecule has 0 aliphatic carbocycles. The maximum Gasteiger partial charge on any atom is 0.245 e.